The largest absolute Gasteiger partial charge is 0.320 e. The molecule has 150 valence electrons. The maximum Gasteiger partial charge on any atom is 0.254 e. The van der Waals surface area contributed by atoms with Gasteiger partial charge in [0.1, 0.15) is 11.6 Å². The zero-order chi connectivity index (χ0) is 20.8. The third kappa shape index (κ3) is 3.69. The highest BCUT2D eigenvalue weighted by molar-refractivity contribution is 7.08. The Bertz CT molecular complexity index is 1040. The summed E-state index contributed by atoms with van der Waals surface area (Å²) in [6.07, 6.45) is 1.18. The van der Waals surface area contributed by atoms with Crippen molar-refractivity contribution in [2.45, 2.75) is 39.5 Å². The number of carbonyl (C=O) groups excluding carboxylic acids is 2. The molecule has 1 N–H and O–H groups in total. The molecule has 4 rings (SSSR count). The predicted molar refractivity (Wildman–Crippen MR) is 114 cm³/mol. The minimum absolute atomic E-state index is 0.111. The quantitative estimate of drug-likeness (QED) is 0.742. The Labute approximate surface area is 173 Å². The summed E-state index contributed by atoms with van der Waals surface area (Å²) >= 11 is 1.53. The van der Waals surface area contributed by atoms with Gasteiger partial charge in [-0.15, -0.1) is 0 Å². The molecule has 2 unspecified atom stereocenters. The average molecular weight is 411 g/mol. The van der Waals surface area contributed by atoms with Crippen LogP contribution >= 0.6 is 11.3 Å². The monoisotopic (exact) mass is 410 g/mol. The number of ketones is 1. The number of allylic oxidation sites excluding steroid dienone is 1. The van der Waals surface area contributed by atoms with Crippen molar-refractivity contribution in [1.29, 1.82) is 0 Å². The number of fused-ring (bicyclic) bond motifs is 1. The van der Waals surface area contributed by atoms with Gasteiger partial charge in [0.2, 0.25) is 0 Å². The molecule has 1 aromatic heterocycles. The first-order chi connectivity index (χ1) is 13.8. The van der Waals surface area contributed by atoms with Gasteiger partial charge in [0.15, 0.2) is 0 Å². The van der Waals surface area contributed by atoms with Crippen LogP contribution in [0.4, 0.5) is 10.1 Å². The summed E-state index contributed by atoms with van der Waals surface area (Å²) in [7, 11) is 0. The van der Waals surface area contributed by atoms with Gasteiger partial charge in [0, 0.05) is 29.3 Å². The molecule has 2 aromatic rings. The van der Waals surface area contributed by atoms with Crippen molar-refractivity contribution in [3.05, 3.63) is 63.7 Å². The van der Waals surface area contributed by atoms with Gasteiger partial charge in [0.05, 0.1) is 11.6 Å². The van der Waals surface area contributed by atoms with Gasteiger partial charge in [-0.3, -0.25) is 14.6 Å². The molecule has 0 radical (unpaired) electrons. The molecule has 0 spiro atoms. The number of rotatable bonds is 3. The van der Waals surface area contributed by atoms with E-state index in [1.54, 1.807) is 19.1 Å². The molecule has 1 saturated carbocycles. The minimum Gasteiger partial charge on any atom is -0.320 e. The maximum absolute atomic E-state index is 14.1. The predicted octanol–water partition coefficient (Wildman–Crippen LogP) is 5.34. The summed E-state index contributed by atoms with van der Waals surface area (Å²) in [5, 5.41) is 6.60. The van der Waals surface area contributed by atoms with E-state index < -0.39 is 23.6 Å². The standard InChI is InChI=1S/C23H23FN2O2S/c1-13-19(22(28)26-16-7-5-4-6-15(16)24)20(14-8-9-29-12-14)21-17(25-13)10-23(2,3)11-18(21)27/h4-9,12,20-21H,10-11H2,1-3H3,(H,26,28). The van der Waals surface area contributed by atoms with Crippen LogP contribution in [0.5, 0.6) is 0 Å². The van der Waals surface area contributed by atoms with Crippen molar-refractivity contribution in [1.82, 2.24) is 0 Å². The topological polar surface area (TPSA) is 58.5 Å². The molecule has 0 saturated heterocycles. The third-order valence-electron chi connectivity index (χ3n) is 5.63. The van der Waals surface area contributed by atoms with Crippen molar-refractivity contribution in [2.24, 2.45) is 16.3 Å². The van der Waals surface area contributed by atoms with Crippen molar-refractivity contribution in [3.63, 3.8) is 0 Å². The number of anilines is 1. The lowest BCUT2D eigenvalue weighted by Gasteiger charge is -2.41. The van der Waals surface area contributed by atoms with Gasteiger partial charge in [-0.25, -0.2) is 4.39 Å². The SMILES string of the molecule is CC1=C(C(=O)Nc2ccccc2F)C(c2ccsc2)C2C(=O)CC(C)(C)CC2=N1. The molecule has 0 bridgehead atoms. The number of benzene rings is 1. The summed E-state index contributed by atoms with van der Waals surface area (Å²) in [6, 6.07) is 8.02. The lowest BCUT2D eigenvalue weighted by atomic mass is 9.63. The number of nitrogens with one attached hydrogen (secondary N) is 1. The molecule has 1 aromatic carbocycles. The lowest BCUT2D eigenvalue weighted by molar-refractivity contribution is -0.124. The number of hydrogen-bond acceptors (Lipinski definition) is 4. The summed E-state index contributed by atoms with van der Waals surface area (Å²) < 4.78 is 14.1. The Balaban J connectivity index is 1.79. The number of amides is 1. The molecule has 6 heteroatoms. The maximum atomic E-state index is 14.1. The van der Waals surface area contributed by atoms with Crippen molar-refractivity contribution in [3.8, 4) is 0 Å². The van der Waals surface area contributed by atoms with Crippen LogP contribution in [0, 0.1) is 17.2 Å². The van der Waals surface area contributed by atoms with Gasteiger partial charge >= 0.3 is 0 Å². The van der Waals surface area contributed by atoms with E-state index in [1.807, 2.05) is 16.8 Å². The Morgan fingerprint density at radius 1 is 1.21 bits per heavy atom. The molecular weight excluding hydrogens is 387 g/mol. The van der Waals surface area contributed by atoms with E-state index in [4.69, 9.17) is 4.99 Å². The van der Waals surface area contributed by atoms with Crippen LogP contribution in [0.3, 0.4) is 0 Å². The normalized spacial score (nSPS) is 23.4. The first-order valence-electron chi connectivity index (χ1n) is 9.66. The van der Waals surface area contributed by atoms with Crippen molar-refractivity contribution < 1.29 is 14.0 Å². The highest BCUT2D eigenvalue weighted by atomic mass is 32.1. The van der Waals surface area contributed by atoms with Crippen LogP contribution < -0.4 is 5.32 Å². The highest BCUT2D eigenvalue weighted by Gasteiger charge is 2.47. The molecule has 4 nitrogen and oxygen atoms in total. The zero-order valence-electron chi connectivity index (χ0n) is 16.7. The van der Waals surface area contributed by atoms with Crippen molar-refractivity contribution >= 4 is 34.4 Å². The van der Waals surface area contributed by atoms with Gasteiger partial charge in [-0.1, -0.05) is 26.0 Å². The molecule has 29 heavy (non-hydrogen) atoms. The van der Waals surface area contributed by atoms with E-state index in [0.29, 0.717) is 17.7 Å². The molecule has 2 atom stereocenters. The molecule has 1 amide bonds. The van der Waals surface area contributed by atoms with Crippen LogP contribution in [0.2, 0.25) is 0 Å². The number of Topliss-reactive ketones (excluding diaryl/α,β-unsaturated/α-hetero) is 1. The van der Waals surface area contributed by atoms with Gasteiger partial charge in [-0.2, -0.15) is 11.3 Å². The van der Waals surface area contributed by atoms with Crippen LogP contribution in [0.1, 0.15) is 45.1 Å². The summed E-state index contributed by atoms with van der Waals surface area (Å²) in [6.45, 7) is 5.94. The van der Waals surface area contributed by atoms with Crippen LogP contribution in [0.25, 0.3) is 0 Å². The van der Waals surface area contributed by atoms with Crippen LogP contribution in [0.15, 0.2) is 57.4 Å². The van der Waals surface area contributed by atoms with Crippen LogP contribution in [-0.2, 0) is 9.59 Å². The molecular formula is C23H23FN2O2S. The number of hydrogen-bond donors (Lipinski definition) is 1. The number of halogens is 1. The summed E-state index contributed by atoms with van der Waals surface area (Å²) in [5.41, 5.74) is 2.78. The molecule has 1 aliphatic heterocycles. The van der Waals surface area contributed by atoms with E-state index >= 15 is 0 Å². The lowest BCUT2D eigenvalue weighted by Crippen LogP contribution is -2.44. The second kappa shape index (κ2) is 7.34. The van der Waals surface area contributed by atoms with Gasteiger partial charge < -0.3 is 5.32 Å². The number of aliphatic imine (C=N–C) groups is 1. The zero-order valence-corrected chi connectivity index (χ0v) is 17.5. The van der Waals surface area contributed by atoms with E-state index in [9.17, 15) is 14.0 Å². The fraction of sp³-hybridized carbons (Fsp3) is 0.348. The summed E-state index contributed by atoms with van der Waals surface area (Å²) in [4.78, 5) is 31.1. The van der Waals surface area contributed by atoms with E-state index in [-0.39, 0.29) is 16.9 Å². The smallest absolute Gasteiger partial charge is 0.254 e. The number of thiophene rings is 1. The van der Waals surface area contributed by atoms with Crippen LogP contribution in [-0.4, -0.2) is 17.4 Å². The fourth-order valence-corrected chi connectivity index (χ4v) is 5.15. The first kappa shape index (κ1) is 19.7. The third-order valence-corrected chi connectivity index (χ3v) is 6.33. The van der Waals surface area contributed by atoms with Gasteiger partial charge in [0.25, 0.3) is 5.91 Å². The second-order valence-electron chi connectivity index (χ2n) is 8.53. The Hall–Kier alpha value is -2.60. The van der Waals surface area contributed by atoms with Gasteiger partial charge in [-0.05, 0) is 53.3 Å². The number of para-hydroxylation sites is 1. The Kier molecular flexibility index (Phi) is 4.99. The second-order valence-corrected chi connectivity index (χ2v) is 9.31. The molecule has 1 fully saturated rings. The Morgan fingerprint density at radius 2 is 1.97 bits per heavy atom. The number of nitrogens with zero attached hydrogens (tertiary/aromatic N) is 1. The first-order valence-corrected chi connectivity index (χ1v) is 10.6. The molecule has 2 aliphatic rings. The number of carbonyl (C=O) groups is 2. The fourth-order valence-electron chi connectivity index (χ4n) is 4.45. The molecule has 2 heterocycles. The van der Waals surface area contributed by atoms with E-state index in [2.05, 4.69) is 19.2 Å². The minimum atomic E-state index is -0.498. The molecule has 1 aliphatic carbocycles. The summed E-state index contributed by atoms with van der Waals surface area (Å²) in [5.74, 6) is -1.64. The average Bonchev–Trinajstić information content (AvgIpc) is 3.15. The Morgan fingerprint density at radius 3 is 2.66 bits per heavy atom. The van der Waals surface area contributed by atoms with E-state index in [1.165, 1.54) is 23.5 Å². The van der Waals surface area contributed by atoms with E-state index in [0.717, 1.165) is 17.7 Å². The van der Waals surface area contributed by atoms with Crippen molar-refractivity contribution in [2.75, 3.05) is 5.32 Å². The highest BCUT2D eigenvalue weighted by Crippen LogP contribution is 2.47.